The topological polar surface area (TPSA) is 63.7 Å². The Kier molecular flexibility index (Phi) is 7.54. The third kappa shape index (κ3) is 6.20. The lowest BCUT2D eigenvalue weighted by Crippen LogP contribution is -2.45. The summed E-state index contributed by atoms with van der Waals surface area (Å²) in [7, 11) is 0. The molecule has 176 valence electrons. The summed E-state index contributed by atoms with van der Waals surface area (Å²) in [6.07, 6.45) is 5.08. The molecule has 7 heteroatoms. The second kappa shape index (κ2) is 10.9. The number of pyridine rings is 1. The van der Waals surface area contributed by atoms with E-state index in [1.807, 2.05) is 37.0 Å². The number of amides is 1. The zero-order valence-electron chi connectivity index (χ0n) is 19.4. The number of aryl methyl sites for hydroxylation is 2. The number of benzene rings is 2. The van der Waals surface area contributed by atoms with Crippen molar-refractivity contribution in [3.63, 3.8) is 0 Å². The van der Waals surface area contributed by atoms with Crippen LogP contribution in [0.5, 0.6) is 17.4 Å². The summed E-state index contributed by atoms with van der Waals surface area (Å²) in [6, 6.07) is 13.7. The number of aromatic nitrogens is 1. The standard InChI is InChI=1S/C27H28FN3O3/c1-19-15-22(5-10-26(32)31-13-11-29-12-14-31)16-20(2)27(19)34-25-9-8-24(17-30-25)33-18-21-3-6-23(28)7-4-21/h3-10,15-17,29H,11-14,18H2,1-2H3. The van der Waals surface area contributed by atoms with E-state index >= 15 is 0 Å². The highest BCUT2D eigenvalue weighted by molar-refractivity contribution is 5.92. The molecule has 1 fully saturated rings. The van der Waals surface area contributed by atoms with Gasteiger partial charge in [0, 0.05) is 38.3 Å². The number of nitrogens with one attached hydrogen (secondary N) is 1. The summed E-state index contributed by atoms with van der Waals surface area (Å²) < 4.78 is 24.7. The predicted molar refractivity (Wildman–Crippen MR) is 129 cm³/mol. The maximum Gasteiger partial charge on any atom is 0.246 e. The minimum atomic E-state index is -0.273. The molecule has 0 radical (unpaired) electrons. The predicted octanol–water partition coefficient (Wildman–Crippen LogP) is 4.65. The van der Waals surface area contributed by atoms with Crippen LogP contribution in [-0.4, -0.2) is 42.0 Å². The molecular weight excluding hydrogens is 433 g/mol. The number of halogens is 1. The van der Waals surface area contributed by atoms with Gasteiger partial charge in [-0.15, -0.1) is 0 Å². The van der Waals surface area contributed by atoms with Gasteiger partial charge in [0.2, 0.25) is 11.8 Å². The number of rotatable bonds is 7. The van der Waals surface area contributed by atoms with Gasteiger partial charge in [-0.25, -0.2) is 9.37 Å². The maximum atomic E-state index is 13.0. The lowest BCUT2D eigenvalue weighted by atomic mass is 10.1. The highest BCUT2D eigenvalue weighted by Gasteiger charge is 2.14. The molecule has 2 aromatic carbocycles. The minimum Gasteiger partial charge on any atom is -0.487 e. The van der Waals surface area contributed by atoms with Crippen molar-refractivity contribution in [1.82, 2.24) is 15.2 Å². The average molecular weight is 462 g/mol. The zero-order valence-corrected chi connectivity index (χ0v) is 19.4. The van der Waals surface area contributed by atoms with Gasteiger partial charge in [-0.2, -0.15) is 0 Å². The van der Waals surface area contributed by atoms with Crippen molar-refractivity contribution < 1.29 is 18.7 Å². The Labute approximate surface area is 199 Å². The third-order valence-electron chi connectivity index (χ3n) is 5.56. The highest BCUT2D eigenvalue weighted by atomic mass is 19.1. The molecular formula is C27H28FN3O3. The summed E-state index contributed by atoms with van der Waals surface area (Å²) in [5, 5.41) is 3.25. The normalized spacial score (nSPS) is 13.8. The monoisotopic (exact) mass is 461 g/mol. The molecule has 3 aromatic rings. The number of carbonyl (C=O) groups excluding carboxylic acids is 1. The van der Waals surface area contributed by atoms with Crippen LogP contribution >= 0.6 is 0 Å². The summed E-state index contributed by atoms with van der Waals surface area (Å²) in [5.41, 5.74) is 3.72. The van der Waals surface area contributed by atoms with Crippen molar-refractivity contribution in [3.8, 4) is 17.4 Å². The lowest BCUT2D eigenvalue weighted by molar-refractivity contribution is -0.126. The summed E-state index contributed by atoms with van der Waals surface area (Å²) in [4.78, 5) is 18.6. The van der Waals surface area contributed by atoms with Gasteiger partial charge in [0.05, 0.1) is 6.20 Å². The van der Waals surface area contributed by atoms with Gasteiger partial charge < -0.3 is 19.7 Å². The quantitative estimate of drug-likeness (QED) is 0.519. The van der Waals surface area contributed by atoms with E-state index in [4.69, 9.17) is 9.47 Å². The van der Waals surface area contributed by atoms with Crippen molar-refractivity contribution in [1.29, 1.82) is 0 Å². The van der Waals surface area contributed by atoms with E-state index in [9.17, 15) is 9.18 Å². The Bertz CT molecular complexity index is 1130. The summed E-state index contributed by atoms with van der Waals surface area (Å²) in [5.74, 6) is 1.55. The number of ether oxygens (including phenoxy) is 2. The third-order valence-corrected chi connectivity index (χ3v) is 5.56. The molecule has 1 aliphatic rings. The number of piperazine rings is 1. The van der Waals surface area contributed by atoms with Gasteiger partial charge in [0.25, 0.3) is 0 Å². The van der Waals surface area contributed by atoms with Crippen LogP contribution in [0.4, 0.5) is 4.39 Å². The van der Waals surface area contributed by atoms with Crippen LogP contribution in [0, 0.1) is 19.7 Å². The molecule has 1 saturated heterocycles. The van der Waals surface area contributed by atoms with Crippen LogP contribution in [0.25, 0.3) is 6.08 Å². The molecule has 0 aliphatic carbocycles. The molecule has 4 rings (SSSR count). The molecule has 2 heterocycles. The van der Waals surface area contributed by atoms with Gasteiger partial charge in [-0.05, 0) is 72.5 Å². The summed E-state index contributed by atoms with van der Waals surface area (Å²) >= 11 is 0. The Balaban J connectivity index is 1.37. The first-order valence-electron chi connectivity index (χ1n) is 11.3. The van der Waals surface area contributed by atoms with Crippen LogP contribution in [-0.2, 0) is 11.4 Å². The van der Waals surface area contributed by atoms with Crippen molar-refractivity contribution in [2.24, 2.45) is 0 Å². The van der Waals surface area contributed by atoms with Gasteiger partial charge in [-0.3, -0.25) is 4.79 Å². The molecule has 0 unspecified atom stereocenters. The van der Waals surface area contributed by atoms with Crippen LogP contribution in [0.15, 0.2) is 60.8 Å². The SMILES string of the molecule is Cc1cc(C=CC(=O)N2CCNCC2)cc(C)c1Oc1ccc(OCc2ccc(F)cc2)cn1. The lowest BCUT2D eigenvalue weighted by Gasteiger charge is -2.26. The van der Waals surface area contributed by atoms with Gasteiger partial charge in [0.15, 0.2) is 0 Å². The number of nitrogens with zero attached hydrogens (tertiary/aromatic N) is 2. The minimum absolute atomic E-state index is 0.0306. The molecule has 1 aliphatic heterocycles. The van der Waals surface area contributed by atoms with E-state index in [0.29, 0.717) is 18.2 Å². The molecule has 1 amide bonds. The summed E-state index contributed by atoms with van der Waals surface area (Å²) in [6.45, 7) is 7.40. The van der Waals surface area contributed by atoms with E-state index in [-0.39, 0.29) is 11.7 Å². The molecule has 34 heavy (non-hydrogen) atoms. The maximum absolute atomic E-state index is 13.0. The smallest absolute Gasteiger partial charge is 0.246 e. The van der Waals surface area contributed by atoms with Gasteiger partial charge in [0.1, 0.15) is 23.9 Å². The molecule has 6 nitrogen and oxygen atoms in total. The van der Waals surface area contributed by atoms with Gasteiger partial charge in [-0.1, -0.05) is 12.1 Å². The van der Waals surface area contributed by atoms with E-state index < -0.39 is 0 Å². The van der Waals surface area contributed by atoms with Crippen molar-refractivity contribution >= 4 is 12.0 Å². The number of hydrogen-bond acceptors (Lipinski definition) is 5. The highest BCUT2D eigenvalue weighted by Crippen LogP contribution is 2.30. The fraction of sp³-hybridized carbons (Fsp3) is 0.259. The van der Waals surface area contributed by atoms with Crippen molar-refractivity contribution in [2.45, 2.75) is 20.5 Å². The second-order valence-electron chi connectivity index (χ2n) is 8.24. The average Bonchev–Trinajstić information content (AvgIpc) is 2.85. The Hall–Kier alpha value is -3.71. The molecule has 0 saturated carbocycles. The first-order valence-corrected chi connectivity index (χ1v) is 11.3. The van der Waals surface area contributed by atoms with Crippen molar-refractivity contribution in [2.75, 3.05) is 26.2 Å². The fourth-order valence-corrected chi connectivity index (χ4v) is 3.76. The first-order chi connectivity index (χ1) is 16.5. The molecule has 1 aromatic heterocycles. The van der Waals surface area contributed by atoms with Crippen LogP contribution in [0.3, 0.4) is 0 Å². The second-order valence-corrected chi connectivity index (χ2v) is 8.24. The Morgan fingerprint density at radius 3 is 2.44 bits per heavy atom. The van der Waals surface area contributed by atoms with Crippen LogP contribution in [0.2, 0.25) is 0 Å². The fourth-order valence-electron chi connectivity index (χ4n) is 3.76. The molecule has 1 N–H and O–H groups in total. The largest absolute Gasteiger partial charge is 0.487 e. The Morgan fingerprint density at radius 1 is 1.09 bits per heavy atom. The van der Waals surface area contributed by atoms with Crippen LogP contribution < -0.4 is 14.8 Å². The van der Waals surface area contributed by atoms with E-state index in [0.717, 1.165) is 54.2 Å². The first kappa shape index (κ1) is 23.4. The molecule has 0 atom stereocenters. The van der Waals surface area contributed by atoms with E-state index in [1.54, 1.807) is 36.5 Å². The Morgan fingerprint density at radius 2 is 1.79 bits per heavy atom. The van der Waals surface area contributed by atoms with E-state index in [1.165, 1.54) is 12.1 Å². The zero-order chi connectivity index (χ0) is 23.9. The van der Waals surface area contributed by atoms with E-state index in [2.05, 4.69) is 10.3 Å². The van der Waals surface area contributed by atoms with Crippen LogP contribution in [0.1, 0.15) is 22.3 Å². The molecule has 0 bridgehead atoms. The van der Waals surface area contributed by atoms with Gasteiger partial charge >= 0.3 is 0 Å². The van der Waals surface area contributed by atoms with Crippen molar-refractivity contribution in [3.05, 3.63) is 88.9 Å². The number of hydrogen-bond donors (Lipinski definition) is 1. The molecule has 0 spiro atoms. The number of carbonyl (C=O) groups is 1.